The molecule has 0 radical (unpaired) electrons. The third-order valence-electron chi connectivity index (χ3n) is 4.43. The Morgan fingerprint density at radius 3 is 2.28 bits per heavy atom. The first-order chi connectivity index (χ1) is 12.1. The van der Waals surface area contributed by atoms with E-state index in [9.17, 15) is 4.79 Å². The van der Waals surface area contributed by atoms with Crippen molar-refractivity contribution in [3.63, 3.8) is 0 Å². The van der Waals surface area contributed by atoms with Gasteiger partial charge in [-0.15, -0.1) is 0 Å². The Kier molecular flexibility index (Phi) is 9.81. The van der Waals surface area contributed by atoms with Crippen molar-refractivity contribution in [1.29, 1.82) is 0 Å². The van der Waals surface area contributed by atoms with Crippen LogP contribution >= 0.6 is 0 Å². The Bertz CT molecular complexity index is 527. The molecule has 25 heavy (non-hydrogen) atoms. The van der Waals surface area contributed by atoms with Crippen molar-refractivity contribution in [1.82, 2.24) is 0 Å². The van der Waals surface area contributed by atoms with Crippen LogP contribution < -0.4 is 14.2 Å². The van der Waals surface area contributed by atoms with Crippen molar-refractivity contribution in [3.05, 3.63) is 17.7 Å². The fourth-order valence-corrected chi connectivity index (χ4v) is 2.81. The van der Waals surface area contributed by atoms with Gasteiger partial charge in [0.25, 0.3) is 0 Å². The number of hydrogen-bond acceptors (Lipinski definition) is 5. The molecule has 1 aromatic carbocycles. The molecule has 0 amide bonds. The highest BCUT2D eigenvalue weighted by atomic mass is 16.5. The number of methoxy groups -OCH3 is 3. The summed E-state index contributed by atoms with van der Waals surface area (Å²) in [6.07, 6.45) is 5.25. The largest absolute Gasteiger partial charge is 0.496 e. The van der Waals surface area contributed by atoms with Gasteiger partial charge in [0.05, 0.1) is 27.9 Å². The maximum atomic E-state index is 12.1. The van der Waals surface area contributed by atoms with Gasteiger partial charge in [0.15, 0.2) is 11.5 Å². The fourth-order valence-electron chi connectivity index (χ4n) is 2.81. The molecule has 1 unspecified atom stereocenters. The second kappa shape index (κ2) is 11.6. The molecule has 0 aliphatic rings. The highest BCUT2D eigenvalue weighted by Crippen LogP contribution is 2.38. The molecule has 5 heteroatoms. The zero-order valence-corrected chi connectivity index (χ0v) is 16.2. The molecule has 0 spiro atoms. The van der Waals surface area contributed by atoms with Crippen molar-refractivity contribution >= 4 is 5.97 Å². The predicted octanol–water partition coefficient (Wildman–Crippen LogP) is 4.40. The van der Waals surface area contributed by atoms with Gasteiger partial charge in [-0.2, -0.15) is 0 Å². The van der Waals surface area contributed by atoms with Crippen molar-refractivity contribution in [2.45, 2.75) is 52.4 Å². The van der Waals surface area contributed by atoms with Gasteiger partial charge in [0, 0.05) is 12.0 Å². The lowest BCUT2D eigenvalue weighted by Gasteiger charge is -2.17. The minimum absolute atomic E-state index is 0.193. The average molecular weight is 352 g/mol. The summed E-state index contributed by atoms with van der Waals surface area (Å²) >= 11 is 0. The Morgan fingerprint density at radius 1 is 1.04 bits per heavy atom. The van der Waals surface area contributed by atoms with Gasteiger partial charge >= 0.3 is 5.97 Å². The molecule has 1 atom stereocenters. The van der Waals surface area contributed by atoms with E-state index in [0.717, 1.165) is 18.4 Å². The number of carbonyl (C=O) groups excluding carboxylic acids is 1. The maximum Gasteiger partial charge on any atom is 0.306 e. The molecular weight excluding hydrogens is 320 g/mol. The lowest BCUT2D eigenvalue weighted by Crippen LogP contribution is -2.14. The zero-order chi connectivity index (χ0) is 18.7. The van der Waals surface area contributed by atoms with Crippen LogP contribution in [0, 0.1) is 5.92 Å². The molecule has 0 saturated carbocycles. The summed E-state index contributed by atoms with van der Waals surface area (Å²) in [6, 6.07) is 3.61. The molecular formula is C20H32O5. The van der Waals surface area contributed by atoms with Crippen LogP contribution in [0.3, 0.4) is 0 Å². The summed E-state index contributed by atoms with van der Waals surface area (Å²) in [6.45, 7) is 4.81. The van der Waals surface area contributed by atoms with Gasteiger partial charge in [0.1, 0.15) is 5.75 Å². The standard InChI is InChI=1S/C20H32O5/c1-6-8-9-15(7-2)14-25-19(21)13-10-16-17(22-3)11-12-18(23-4)20(16)24-5/h11-12,15H,6-10,13-14H2,1-5H3. The van der Waals surface area contributed by atoms with Gasteiger partial charge in [-0.1, -0.05) is 33.1 Å². The zero-order valence-electron chi connectivity index (χ0n) is 16.2. The predicted molar refractivity (Wildman–Crippen MR) is 98.7 cm³/mol. The monoisotopic (exact) mass is 352 g/mol. The van der Waals surface area contributed by atoms with E-state index in [1.54, 1.807) is 27.4 Å². The molecule has 0 aromatic heterocycles. The second-order valence-corrected chi connectivity index (χ2v) is 6.08. The van der Waals surface area contributed by atoms with Crippen LogP contribution in [0.5, 0.6) is 17.2 Å². The normalized spacial score (nSPS) is 11.7. The highest BCUT2D eigenvalue weighted by Gasteiger charge is 2.18. The number of ether oxygens (including phenoxy) is 4. The van der Waals surface area contributed by atoms with E-state index >= 15 is 0 Å². The van der Waals surface area contributed by atoms with E-state index in [-0.39, 0.29) is 12.4 Å². The lowest BCUT2D eigenvalue weighted by atomic mass is 10.0. The minimum Gasteiger partial charge on any atom is -0.496 e. The number of benzene rings is 1. The van der Waals surface area contributed by atoms with Crippen LogP contribution in [0.2, 0.25) is 0 Å². The smallest absolute Gasteiger partial charge is 0.306 e. The van der Waals surface area contributed by atoms with Crippen molar-refractivity contribution < 1.29 is 23.7 Å². The van der Waals surface area contributed by atoms with Crippen LogP contribution in [-0.2, 0) is 16.0 Å². The summed E-state index contributed by atoms with van der Waals surface area (Å²) in [4.78, 5) is 12.1. The third kappa shape index (κ3) is 6.48. The Morgan fingerprint density at radius 2 is 1.72 bits per heavy atom. The summed E-state index contributed by atoms with van der Waals surface area (Å²) in [5.74, 6) is 2.16. The number of carbonyl (C=O) groups is 1. The topological polar surface area (TPSA) is 54.0 Å². The number of rotatable bonds is 12. The SMILES string of the molecule is CCCCC(CC)COC(=O)CCc1c(OC)ccc(OC)c1OC. The Balaban J connectivity index is 2.66. The molecule has 1 aromatic rings. The van der Waals surface area contributed by atoms with Crippen molar-refractivity contribution in [3.8, 4) is 17.2 Å². The van der Waals surface area contributed by atoms with E-state index in [2.05, 4.69) is 13.8 Å². The molecule has 0 bridgehead atoms. The van der Waals surface area contributed by atoms with Crippen LogP contribution in [0.1, 0.15) is 51.5 Å². The number of unbranched alkanes of at least 4 members (excludes halogenated alkanes) is 1. The Labute approximate surface area is 151 Å². The van der Waals surface area contributed by atoms with Gasteiger partial charge in [-0.05, 0) is 30.9 Å². The van der Waals surface area contributed by atoms with E-state index in [0.29, 0.717) is 36.2 Å². The van der Waals surface area contributed by atoms with Gasteiger partial charge in [-0.25, -0.2) is 0 Å². The molecule has 1 rings (SSSR count). The Hall–Kier alpha value is -1.91. The van der Waals surface area contributed by atoms with Crippen molar-refractivity contribution in [2.75, 3.05) is 27.9 Å². The first-order valence-electron chi connectivity index (χ1n) is 9.04. The summed E-state index contributed by atoms with van der Waals surface area (Å²) in [7, 11) is 4.77. The first kappa shape index (κ1) is 21.1. The van der Waals surface area contributed by atoms with E-state index < -0.39 is 0 Å². The van der Waals surface area contributed by atoms with Crippen LogP contribution in [0.25, 0.3) is 0 Å². The summed E-state index contributed by atoms with van der Waals surface area (Å²) < 4.78 is 21.6. The minimum atomic E-state index is -0.193. The van der Waals surface area contributed by atoms with Crippen LogP contribution in [0.15, 0.2) is 12.1 Å². The lowest BCUT2D eigenvalue weighted by molar-refractivity contribution is -0.145. The molecule has 0 heterocycles. The molecule has 5 nitrogen and oxygen atoms in total. The van der Waals surface area contributed by atoms with E-state index in [1.165, 1.54) is 12.8 Å². The van der Waals surface area contributed by atoms with Crippen LogP contribution in [-0.4, -0.2) is 33.9 Å². The number of esters is 1. The molecule has 0 N–H and O–H groups in total. The van der Waals surface area contributed by atoms with Crippen LogP contribution in [0.4, 0.5) is 0 Å². The molecule has 142 valence electrons. The second-order valence-electron chi connectivity index (χ2n) is 6.08. The third-order valence-corrected chi connectivity index (χ3v) is 4.43. The highest BCUT2D eigenvalue weighted by molar-refractivity contribution is 5.70. The molecule has 0 fully saturated rings. The van der Waals surface area contributed by atoms with Gasteiger partial charge < -0.3 is 18.9 Å². The van der Waals surface area contributed by atoms with Gasteiger partial charge in [-0.3, -0.25) is 4.79 Å². The molecule has 0 aliphatic carbocycles. The van der Waals surface area contributed by atoms with Gasteiger partial charge in [0.2, 0.25) is 0 Å². The average Bonchev–Trinajstić information content (AvgIpc) is 2.65. The molecule has 0 aliphatic heterocycles. The summed E-state index contributed by atoms with van der Waals surface area (Å²) in [5.41, 5.74) is 0.819. The first-order valence-corrected chi connectivity index (χ1v) is 9.04. The quantitative estimate of drug-likeness (QED) is 0.522. The molecule has 0 saturated heterocycles. The maximum absolute atomic E-state index is 12.1. The fraction of sp³-hybridized carbons (Fsp3) is 0.650. The van der Waals surface area contributed by atoms with Crippen molar-refractivity contribution in [2.24, 2.45) is 5.92 Å². The number of hydrogen-bond donors (Lipinski definition) is 0. The van der Waals surface area contributed by atoms with E-state index in [1.807, 2.05) is 6.07 Å². The van der Waals surface area contributed by atoms with E-state index in [4.69, 9.17) is 18.9 Å². The summed E-state index contributed by atoms with van der Waals surface area (Å²) in [5, 5.41) is 0.